The smallest absolute Gasteiger partial charge is 0.281 e. The zero-order valence-corrected chi connectivity index (χ0v) is 12.1. The van der Waals surface area contributed by atoms with Gasteiger partial charge in [-0.25, -0.2) is 8.78 Å². The molecule has 0 saturated carbocycles. The van der Waals surface area contributed by atoms with Crippen LogP contribution in [0.2, 0.25) is 0 Å². The van der Waals surface area contributed by atoms with Gasteiger partial charge in [0.2, 0.25) is 5.89 Å². The molecule has 0 saturated heterocycles. The first-order chi connectivity index (χ1) is 10.7. The molecule has 110 valence electrons. The fourth-order valence-corrected chi connectivity index (χ4v) is 2.36. The van der Waals surface area contributed by atoms with Crippen molar-refractivity contribution in [2.75, 3.05) is 0 Å². The highest BCUT2D eigenvalue weighted by Crippen LogP contribution is 2.26. The topological polar surface area (TPSA) is 38.9 Å². The first-order valence-electron chi connectivity index (χ1n) is 6.40. The molecule has 0 spiro atoms. The first kappa shape index (κ1) is 14.5. The SMILES string of the molecule is Fc1ccc(/C=C/c2nnc(Sc3ccc(F)cc3)o2)cc1. The minimum absolute atomic E-state index is 0.284. The van der Waals surface area contributed by atoms with Crippen LogP contribution in [0.25, 0.3) is 12.2 Å². The molecule has 0 bridgehead atoms. The van der Waals surface area contributed by atoms with E-state index in [1.165, 1.54) is 36.0 Å². The van der Waals surface area contributed by atoms with Crippen molar-refractivity contribution in [3.8, 4) is 0 Å². The first-order valence-corrected chi connectivity index (χ1v) is 7.21. The molecule has 3 nitrogen and oxygen atoms in total. The van der Waals surface area contributed by atoms with E-state index in [-0.39, 0.29) is 11.6 Å². The highest BCUT2D eigenvalue weighted by Gasteiger charge is 2.06. The molecule has 6 heteroatoms. The van der Waals surface area contributed by atoms with Crippen molar-refractivity contribution in [3.05, 3.63) is 71.6 Å². The molecule has 1 aromatic heterocycles. The number of halogens is 2. The van der Waals surface area contributed by atoms with Gasteiger partial charge in [0, 0.05) is 11.0 Å². The predicted octanol–water partition coefficient (Wildman–Crippen LogP) is 4.67. The van der Waals surface area contributed by atoms with Crippen molar-refractivity contribution in [1.82, 2.24) is 10.2 Å². The van der Waals surface area contributed by atoms with Gasteiger partial charge in [0.05, 0.1) is 0 Å². The third-order valence-electron chi connectivity index (χ3n) is 2.73. The molecule has 3 aromatic rings. The van der Waals surface area contributed by atoms with Gasteiger partial charge in [0.25, 0.3) is 5.22 Å². The molecular formula is C16H10F2N2OS. The fourth-order valence-electron chi connectivity index (χ4n) is 1.67. The van der Waals surface area contributed by atoms with Crippen LogP contribution in [0.3, 0.4) is 0 Å². The van der Waals surface area contributed by atoms with Gasteiger partial charge in [-0.05, 0) is 59.8 Å². The van der Waals surface area contributed by atoms with Crippen LogP contribution in [-0.2, 0) is 0 Å². The van der Waals surface area contributed by atoms with E-state index < -0.39 is 0 Å². The summed E-state index contributed by atoms with van der Waals surface area (Å²) in [5, 5.41) is 8.16. The lowest BCUT2D eigenvalue weighted by atomic mass is 10.2. The van der Waals surface area contributed by atoms with Crippen molar-refractivity contribution >= 4 is 23.9 Å². The van der Waals surface area contributed by atoms with Gasteiger partial charge in [-0.3, -0.25) is 0 Å². The molecule has 22 heavy (non-hydrogen) atoms. The molecule has 1 heterocycles. The van der Waals surface area contributed by atoms with Gasteiger partial charge in [-0.15, -0.1) is 10.2 Å². The largest absolute Gasteiger partial charge is 0.412 e. The monoisotopic (exact) mass is 316 g/mol. The van der Waals surface area contributed by atoms with Crippen LogP contribution in [0.1, 0.15) is 11.5 Å². The zero-order valence-electron chi connectivity index (χ0n) is 11.2. The summed E-state index contributed by atoms with van der Waals surface area (Å²) in [5.74, 6) is -0.236. The van der Waals surface area contributed by atoms with Crippen LogP contribution in [0.5, 0.6) is 0 Å². The van der Waals surface area contributed by atoms with E-state index in [2.05, 4.69) is 10.2 Å². The summed E-state index contributed by atoms with van der Waals surface area (Å²) in [7, 11) is 0. The summed E-state index contributed by atoms with van der Waals surface area (Å²) in [4.78, 5) is 0.805. The van der Waals surface area contributed by atoms with E-state index in [4.69, 9.17) is 4.42 Å². The van der Waals surface area contributed by atoms with Crippen LogP contribution >= 0.6 is 11.8 Å². The summed E-state index contributed by atoms with van der Waals surface area (Å²) in [6, 6.07) is 12.1. The standard InChI is InChI=1S/C16H10F2N2OS/c17-12-4-1-11(2-5-12)3-10-15-19-20-16(21-15)22-14-8-6-13(18)7-9-14/h1-10H/b10-3+. The van der Waals surface area contributed by atoms with Gasteiger partial charge in [-0.1, -0.05) is 12.1 Å². The second kappa shape index (κ2) is 6.53. The van der Waals surface area contributed by atoms with Gasteiger partial charge in [-0.2, -0.15) is 0 Å². The maximum Gasteiger partial charge on any atom is 0.281 e. The summed E-state index contributed by atoms with van der Waals surface area (Å²) in [5.41, 5.74) is 0.826. The maximum absolute atomic E-state index is 12.8. The highest BCUT2D eigenvalue weighted by atomic mass is 32.2. The molecule has 0 fully saturated rings. The number of aromatic nitrogens is 2. The summed E-state index contributed by atoms with van der Waals surface area (Å²) in [6.07, 6.45) is 3.40. The molecule has 0 atom stereocenters. The average Bonchev–Trinajstić information content (AvgIpc) is 2.97. The van der Waals surface area contributed by atoms with Gasteiger partial charge >= 0.3 is 0 Å². The maximum atomic E-state index is 12.8. The third kappa shape index (κ3) is 3.79. The molecule has 3 rings (SSSR count). The van der Waals surface area contributed by atoms with Gasteiger partial charge in [0.15, 0.2) is 0 Å². The second-order valence-electron chi connectivity index (χ2n) is 4.35. The number of benzene rings is 2. The fraction of sp³-hybridized carbons (Fsp3) is 0. The van der Waals surface area contributed by atoms with Crippen LogP contribution < -0.4 is 0 Å². The van der Waals surface area contributed by atoms with E-state index in [9.17, 15) is 8.78 Å². The number of hydrogen-bond donors (Lipinski definition) is 0. The van der Waals surface area contributed by atoms with E-state index in [1.807, 2.05) is 0 Å². The molecule has 0 aliphatic rings. The average molecular weight is 316 g/mol. The molecule has 0 N–H and O–H groups in total. The van der Waals surface area contributed by atoms with Gasteiger partial charge in [0.1, 0.15) is 11.6 Å². The number of nitrogens with zero attached hydrogens (tertiary/aromatic N) is 2. The molecule has 0 aliphatic carbocycles. The molecule has 2 aromatic carbocycles. The van der Waals surface area contributed by atoms with Crippen molar-refractivity contribution in [1.29, 1.82) is 0 Å². The normalized spacial score (nSPS) is 11.2. The Morgan fingerprint density at radius 1 is 0.818 bits per heavy atom. The lowest BCUT2D eigenvalue weighted by Crippen LogP contribution is -1.75. The number of rotatable bonds is 4. The van der Waals surface area contributed by atoms with E-state index in [0.717, 1.165) is 10.5 Å². The summed E-state index contributed by atoms with van der Waals surface area (Å²) in [6.45, 7) is 0. The van der Waals surface area contributed by atoms with Crippen molar-refractivity contribution in [3.63, 3.8) is 0 Å². The van der Waals surface area contributed by atoms with Crippen LogP contribution in [0, 0.1) is 11.6 Å². The Morgan fingerprint density at radius 2 is 1.45 bits per heavy atom. The van der Waals surface area contributed by atoms with Crippen molar-refractivity contribution in [2.24, 2.45) is 0 Å². The number of hydrogen-bond acceptors (Lipinski definition) is 4. The van der Waals surface area contributed by atoms with E-state index in [1.54, 1.807) is 36.4 Å². The van der Waals surface area contributed by atoms with Crippen molar-refractivity contribution < 1.29 is 13.2 Å². The van der Waals surface area contributed by atoms with Crippen LogP contribution in [-0.4, -0.2) is 10.2 Å². The summed E-state index contributed by atoms with van der Waals surface area (Å²) < 4.78 is 31.1. The predicted molar refractivity (Wildman–Crippen MR) is 80.1 cm³/mol. The van der Waals surface area contributed by atoms with E-state index in [0.29, 0.717) is 11.1 Å². The minimum atomic E-state index is -0.294. The highest BCUT2D eigenvalue weighted by molar-refractivity contribution is 7.99. The van der Waals surface area contributed by atoms with E-state index >= 15 is 0 Å². The Kier molecular flexibility index (Phi) is 4.29. The zero-order chi connectivity index (χ0) is 15.4. The van der Waals surface area contributed by atoms with Gasteiger partial charge < -0.3 is 4.42 Å². The molecule has 0 unspecified atom stereocenters. The van der Waals surface area contributed by atoms with Crippen LogP contribution in [0.4, 0.5) is 8.78 Å². The Balaban J connectivity index is 1.68. The quantitative estimate of drug-likeness (QED) is 0.701. The molecule has 0 amide bonds. The second-order valence-corrected chi connectivity index (χ2v) is 5.37. The van der Waals surface area contributed by atoms with Crippen LogP contribution in [0.15, 0.2) is 63.1 Å². The molecular weight excluding hydrogens is 306 g/mol. The minimum Gasteiger partial charge on any atom is -0.412 e. The third-order valence-corrected chi connectivity index (χ3v) is 3.58. The lowest BCUT2D eigenvalue weighted by Gasteiger charge is -1.95. The molecule has 0 aliphatic heterocycles. The molecule has 0 radical (unpaired) electrons. The Labute approximate surface area is 129 Å². The Morgan fingerprint density at radius 3 is 2.14 bits per heavy atom. The Bertz CT molecular complexity index is 783. The summed E-state index contributed by atoms with van der Waals surface area (Å²) >= 11 is 1.25. The van der Waals surface area contributed by atoms with Crippen molar-refractivity contribution in [2.45, 2.75) is 10.1 Å². The lowest BCUT2D eigenvalue weighted by molar-refractivity contribution is 0.446. The Hall–Kier alpha value is -2.47.